The number of para-hydroxylation sites is 1. The molecular weight excluding hydrogens is 432 g/mol. The van der Waals surface area contributed by atoms with Gasteiger partial charge in [-0.2, -0.15) is 5.10 Å². The molecule has 2 heterocycles. The third-order valence-electron chi connectivity index (χ3n) is 6.19. The van der Waals surface area contributed by atoms with Gasteiger partial charge in [0, 0.05) is 17.5 Å². The number of nitrogens with zero attached hydrogens (tertiary/aromatic N) is 2. The average molecular weight is 461 g/mol. The van der Waals surface area contributed by atoms with Gasteiger partial charge in [-0.05, 0) is 43.3 Å². The van der Waals surface area contributed by atoms with Crippen molar-refractivity contribution < 1.29 is 23.7 Å². The molecule has 3 aromatic rings. The molecule has 0 spiro atoms. The molecule has 0 N–H and O–H groups in total. The van der Waals surface area contributed by atoms with E-state index in [-0.39, 0.29) is 6.04 Å². The summed E-state index contributed by atoms with van der Waals surface area (Å²) in [6, 6.07) is 19.7. The predicted octanol–water partition coefficient (Wildman–Crippen LogP) is 5.35. The molecule has 0 saturated heterocycles. The first kappa shape index (κ1) is 21.9. The van der Waals surface area contributed by atoms with Gasteiger partial charge in [0.25, 0.3) is 0 Å². The van der Waals surface area contributed by atoms with Gasteiger partial charge in [0.15, 0.2) is 11.5 Å². The van der Waals surface area contributed by atoms with Crippen LogP contribution in [0.15, 0.2) is 65.8 Å². The van der Waals surface area contributed by atoms with E-state index in [0.717, 1.165) is 51.8 Å². The average Bonchev–Trinajstić information content (AvgIpc) is 3.34. The van der Waals surface area contributed by atoms with E-state index < -0.39 is 6.23 Å². The monoisotopic (exact) mass is 460 g/mol. The highest BCUT2D eigenvalue weighted by Crippen LogP contribution is 2.52. The molecule has 3 aromatic carbocycles. The second kappa shape index (κ2) is 9.17. The number of benzene rings is 3. The van der Waals surface area contributed by atoms with Crippen molar-refractivity contribution in [2.45, 2.75) is 25.6 Å². The van der Waals surface area contributed by atoms with Crippen molar-refractivity contribution in [1.82, 2.24) is 5.01 Å². The standard InChI is InChI=1S/C27H28N2O5/c1-5-33-25-11-7-10-20-23-16-22(17-8-6-9-18(14-17)30-2)28-29(23)27(34-26(20)25)21-15-19(31-3)12-13-24(21)32-4/h6-15,23,27H,5,16H2,1-4H3/t23-,27-/m1/s1. The summed E-state index contributed by atoms with van der Waals surface area (Å²) in [5, 5.41) is 7.07. The van der Waals surface area contributed by atoms with Crippen LogP contribution < -0.4 is 23.7 Å². The van der Waals surface area contributed by atoms with Gasteiger partial charge >= 0.3 is 0 Å². The highest BCUT2D eigenvalue weighted by atomic mass is 16.5. The number of hydrazone groups is 1. The molecule has 0 amide bonds. The quantitative estimate of drug-likeness (QED) is 0.474. The number of fused-ring (bicyclic) bond motifs is 3. The van der Waals surface area contributed by atoms with Gasteiger partial charge in [-0.1, -0.05) is 24.3 Å². The zero-order valence-electron chi connectivity index (χ0n) is 19.8. The van der Waals surface area contributed by atoms with Crippen LogP contribution in [-0.4, -0.2) is 38.7 Å². The molecule has 2 aliphatic rings. The SMILES string of the molecule is CCOc1cccc2c1O[C@H](c1cc(OC)ccc1OC)N1N=C(c3cccc(OC)c3)C[C@H]21. The minimum atomic E-state index is -0.521. The van der Waals surface area contributed by atoms with Crippen LogP contribution in [0.4, 0.5) is 0 Å². The first-order valence-corrected chi connectivity index (χ1v) is 11.3. The largest absolute Gasteiger partial charge is 0.497 e. The third-order valence-corrected chi connectivity index (χ3v) is 6.19. The molecule has 0 unspecified atom stereocenters. The van der Waals surface area contributed by atoms with Gasteiger partial charge in [-0.15, -0.1) is 0 Å². The summed E-state index contributed by atoms with van der Waals surface area (Å²) in [4.78, 5) is 0. The van der Waals surface area contributed by atoms with Crippen LogP contribution in [0.25, 0.3) is 0 Å². The minimum absolute atomic E-state index is 0.0220. The maximum Gasteiger partial charge on any atom is 0.217 e. The molecule has 0 bridgehead atoms. The fourth-order valence-electron chi connectivity index (χ4n) is 4.57. The van der Waals surface area contributed by atoms with Crippen LogP contribution in [0, 0.1) is 0 Å². The van der Waals surface area contributed by atoms with Crippen LogP contribution in [0.2, 0.25) is 0 Å². The van der Waals surface area contributed by atoms with Crippen LogP contribution in [0.5, 0.6) is 28.7 Å². The van der Waals surface area contributed by atoms with Gasteiger partial charge in [-0.3, -0.25) is 0 Å². The summed E-state index contributed by atoms with van der Waals surface area (Å²) < 4.78 is 29.2. The van der Waals surface area contributed by atoms with Gasteiger partial charge in [-0.25, -0.2) is 5.01 Å². The normalized spacial score (nSPS) is 18.4. The van der Waals surface area contributed by atoms with E-state index in [9.17, 15) is 0 Å². The maximum absolute atomic E-state index is 6.62. The molecule has 0 radical (unpaired) electrons. The van der Waals surface area contributed by atoms with Crippen molar-refractivity contribution in [3.8, 4) is 28.7 Å². The Kier molecular flexibility index (Phi) is 5.92. The number of hydrogen-bond acceptors (Lipinski definition) is 7. The maximum atomic E-state index is 6.62. The van der Waals surface area contributed by atoms with E-state index in [1.807, 2.05) is 60.5 Å². The lowest BCUT2D eigenvalue weighted by Crippen LogP contribution is -2.34. The van der Waals surface area contributed by atoms with E-state index in [1.165, 1.54) is 0 Å². The smallest absolute Gasteiger partial charge is 0.217 e. The Morgan fingerprint density at radius 3 is 2.44 bits per heavy atom. The topological polar surface area (TPSA) is 61.8 Å². The summed E-state index contributed by atoms with van der Waals surface area (Å²) in [5.41, 5.74) is 3.87. The van der Waals surface area contributed by atoms with E-state index >= 15 is 0 Å². The van der Waals surface area contributed by atoms with Crippen molar-refractivity contribution in [2.24, 2.45) is 5.10 Å². The van der Waals surface area contributed by atoms with Crippen LogP contribution in [0.3, 0.4) is 0 Å². The Bertz CT molecular complexity index is 1230. The number of rotatable bonds is 7. The molecule has 34 heavy (non-hydrogen) atoms. The lowest BCUT2D eigenvalue weighted by Gasteiger charge is -2.39. The molecule has 5 rings (SSSR count). The van der Waals surface area contributed by atoms with Crippen molar-refractivity contribution in [1.29, 1.82) is 0 Å². The fourth-order valence-corrected chi connectivity index (χ4v) is 4.57. The van der Waals surface area contributed by atoms with E-state index in [0.29, 0.717) is 12.4 Å². The number of methoxy groups -OCH3 is 3. The summed E-state index contributed by atoms with van der Waals surface area (Å²) in [5.74, 6) is 3.68. The van der Waals surface area contributed by atoms with E-state index in [1.54, 1.807) is 21.3 Å². The van der Waals surface area contributed by atoms with Crippen molar-refractivity contribution in [2.75, 3.05) is 27.9 Å². The predicted molar refractivity (Wildman–Crippen MR) is 129 cm³/mol. The molecule has 0 aromatic heterocycles. The molecule has 7 nitrogen and oxygen atoms in total. The van der Waals surface area contributed by atoms with E-state index in [2.05, 4.69) is 12.1 Å². The highest BCUT2D eigenvalue weighted by Gasteiger charge is 2.43. The third kappa shape index (κ3) is 3.77. The van der Waals surface area contributed by atoms with Gasteiger partial charge in [0.1, 0.15) is 17.2 Å². The molecule has 2 atom stereocenters. The van der Waals surface area contributed by atoms with Crippen molar-refractivity contribution in [3.63, 3.8) is 0 Å². The van der Waals surface area contributed by atoms with Gasteiger partial charge in [0.05, 0.1) is 45.3 Å². The second-order valence-electron chi connectivity index (χ2n) is 8.06. The molecule has 0 fully saturated rings. The Hall–Kier alpha value is -3.87. The highest BCUT2D eigenvalue weighted by molar-refractivity contribution is 6.02. The first-order valence-electron chi connectivity index (χ1n) is 11.3. The summed E-state index contributed by atoms with van der Waals surface area (Å²) >= 11 is 0. The number of ether oxygens (including phenoxy) is 5. The Labute approximate surface area is 199 Å². The summed E-state index contributed by atoms with van der Waals surface area (Å²) in [7, 11) is 4.97. The van der Waals surface area contributed by atoms with Crippen LogP contribution in [0.1, 0.15) is 42.3 Å². The second-order valence-corrected chi connectivity index (χ2v) is 8.06. The van der Waals surface area contributed by atoms with E-state index in [4.69, 9.17) is 28.8 Å². The van der Waals surface area contributed by atoms with Gasteiger partial charge < -0.3 is 23.7 Å². The van der Waals surface area contributed by atoms with Crippen molar-refractivity contribution >= 4 is 5.71 Å². The number of hydrogen-bond donors (Lipinski definition) is 0. The Balaban J connectivity index is 1.65. The minimum Gasteiger partial charge on any atom is -0.497 e. The van der Waals surface area contributed by atoms with Crippen molar-refractivity contribution in [3.05, 3.63) is 77.4 Å². The zero-order chi connectivity index (χ0) is 23.7. The molecule has 0 saturated carbocycles. The molecular formula is C27H28N2O5. The lowest BCUT2D eigenvalue weighted by molar-refractivity contribution is -0.0226. The van der Waals surface area contributed by atoms with Gasteiger partial charge in [0.2, 0.25) is 6.23 Å². The summed E-state index contributed by atoms with van der Waals surface area (Å²) in [6.45, 7) is 2.52. The molecule has 0 aliphatic carbocycles. The Morgan fingerprint density at radius 1 is 0.882 bits per heavy atom. The molecule has 7 heteroatoms. The summed E-state index contributed by atoms with van der Waals surface area (Å²) in [6.07, 6.45) is 0.203. The van der Waals surface area contributed by atoms with Crippen LogP contribution in [-0.2, 0) is 0 Å². The lowest BCUT2D eigenvalue weighted by atomic mass is 9.95. The fraction of sp³-hybridized carbons (Fsp3) is 0.296. The Morgan fingerprint density at radius 2 is 1.68 bits per heavy atom. The molecule has 2 aliphatic heterocycles. The first-order chi connectivity index (χ1) is 16.7. The zero-order valence-corrected chi connectivity index (χ0v) is 19.8. The molecule has 176 valence electrons. The van der Waals surface area contributed by atoms with Crippen LogP contribution >= 0.6 is 0 Å².